The predicted molar refractivity (Wildman–Crippen MR) is 181 cm³/mol. The molecule has 0 bridgehead atoms. The van der Waals surface area contributed by atoms with Crippen molar-refractivity contribution in [3.63, 3.8) is 0 Å². The van der Waals surface area contributed by atoms with Gasteiger partial charge in [-0.1, -0.05) is 41.9 Å². The van der Waals surface area contributed by atoms with Gasteiger partial charge in [0.1, 0.15) is 12.6 Å². The number of nitrogens with zero attached hydrogens (tertiary/aromatic N) is 4. The maximum absolute atomic E-state index is 14.3. The van der Waals surface area contributed by atoms with Crippen molar-refractivity contribution < 1.29 is 42.5 Å². The molecule has 0 saturated heterocycles. The van der Waals surface area contributed by atoms with Gasteiger partial charge in [0.25, 0.3) is 5.91 Å². The molecule has 0 saturated carbocycles. The van der Waals surface area contributed by atoms with Crippen LogP contribution >= 0.6 is 11.6 Å². The summed E-state index contributed by atoms with van der Waals surface area (Å²) in [5, 5.41) is 24.0. The van der Waals surface area contributed by atoms with E-state index in [1.807, 2.05) is 6.08 Å². The number of alkyl halides is 3. The summed E-state index contributed by atoms with van der Waals surface area (Å²) >= 11 is 6.09. The van der Waals surface area contributed by atoms with Gasteiger partial charge in [-0.25, -0.2) is 9.67 Å². The van der Waals surface area contributed by atoms with E-state index in [1.165, 1.54) is 35.1 Å². The van der Waals surface area contributed by atoms with Gasteiger partial charge in [-0.3, -0.25) is 14.4 Å². The fourth-order valence-electron chi connectivity index (χ4n) is 5.22. The molecule has 3 atom stereocenters. The third-order valence-electron chi connectivity index (χ3n) is 7.69. The summed E-state index contributed by atoms with van der Waals surface area (Å²) in [6, 6.07) is 14.5. The summed E-state index contributed by atoms with van der Waals surface area (Å²) in [4.78, 5) is 40.4. The molecular weight excluding hydrogens is 695 g/mol. The van der Waals surface area contributed by atoms with Crippen molar-refractivity contribution in [2.45, 2.75) is 50.9 Å². The van der Waals surface area contributed by atoms with Crippen LogP contribution in [0, 0.1) is 12.8 Å². The minimum absolute atomic E-state index is 0.0728. The number of hydrogen-bond acceptors (Lipinski definition) is 9. The second kappa shape index (κ2) is 17.0. The van der Waals surface area contributed by atoms with Crippen molar-refractivity contribution in [1.82, 2.24) is 25.1 Å². The zero-order valence-electron chi connectivity index (χ0n) is 27.2. The van der Waals surface area contributed by atoms with Gasteiger partial charge in [-0.2, -0.15) is 23.3 Å². The van der Waals surface area contributed by atoms with Crippen LogP contribution in [-0.2, 0) is 9.59 Å². The van der Waals surface area contributed by atoms with E-state index in [1.54, 1.807) is 43.3 Å². The normalized spacial score (nSPS) is 15.4. The Morgan fingerprint density at radius 2 is 1.82 bits per heavy atom. The van der Waals surface area contributed by atoms with Gasteiger partial charge in [0.2, 0.25) is 17.9 Å². The zero-order chi connectivity index (χ0) is 37.3. The largest absolute Gasteiger partial charge is 0.480 e. The number of hydrogen-bond donors (Lipinski definition) is 5. The van der Waals surface area contributed by atoms with E-state index in [0.29, 0.717) is 42.6 Å². The molecule has 7 N–H and O–H groups in total. The number of benzene rings is 2. The number of rotatable bonds is 11. The fraction of sp³-hybridized carbons (Fsp3) is 0.294. The number of anilines is 1. The first kappa shape index (κ1) is 38.3. The number of aryl methyl sites for hydroxylation is 1. The highest BCUT2D eigenvalue weighted by molar-refractivity contribution is 6.30. The molecule has 1 amide bonds. The number of nitrogen functional groups attached to an aromatic ring is 1. The Morgan fingerprint density at radius 1 is 1.10 bits per heavy atom. The number of carboxylic acid groups (broad SMARTS) is 2. The third-order valence-corrected chi connectivity index (χ3v) is 7.92. The van der Waals surface area contributed by atoms with E-state index >= 15 is 0 Å². The number of nitrogens with two attached hydrogens (primary N) is 2. The second-order valence-corrected chi connectivity index (χ2v) is 12.0. The predicted octanol–water partition coefficient (Wildman–Crippen LogP) is 5.38. The van der Waals surface area contributed by atoms with E-state index < -0.39 is 30.3 Å². The van der Waals surface area contributed by atoms with E-state index in [9.17, 15) is 27.6 Å². The van der Waals surface area contributed by atoms with E-state index in [0.717, 1.165) is 5.57 Å². The standard InChI is InChI=1S/C25H26ClF3N6O3.C9H9NO3/c1-13-8-9-35(34-13)20-11-16(26)6-7-17(20)22(25(27,28)29)38-21-12-19(32-24(31)33-21)15-4-2-14(3-5-15)10-18(30)23(36)37;11-8(12)6-10-9(13)7-4-2-1-3-5-7/h4,6-9,11-12,14,18,22H,2-3,5,10,30H2,1H3,(H,36,37)(H2,31,32,33);1-5H,6H2,(H,10,13)(H,11,12). The van der Waals surface area contributed by atoms with Gasteiger partial charge in [0.05, 0.1) is 17.1 Å². The van der Waals surface area contributed by atoms with Crippen LogP contribution in [0.5, 0.6) is 5.88 Å². The number of carbonyl (C=O) groups excluding carboxylic acids is 1. The maximum Gasteiger partial charge on any atom is 0.429 e. The van der Waals surface area contributed by atoms with Gasteiger partial charge in [-0.15, -0.1) is 0 Å². The van der Waals surface area contributed by atoms with E-state index in [2.05, 4.69) is 20.4 Å². The fourth-order valence-corrected chi connectivity index (χ4v) is 5.39. The molecule has 1 aliphatic rings. The molecule has 2 aromatic carbocycles. The molecule has 2 aromatic heterocycles. The number of carbonyl (C=O) groups is 3. The van der Waals surface area contributed by atoms with Crippen LogP contribution in [0.25, 0.3) is 11.3 Å². The summed E-state index contributed by atoms with van der Waals surface area (Å²) in [6.07, 6.45) is -1.76. The molecule has 0 radical (unpaired) electrons. The Kier molecular flexibility index (Phi) is 12.7. The second-order valence-electron chi connectivity index (χ2n) is 11.6. The number of ether oxygens (including phenoxy) is 1. The molecule has 13 nitrogen and oxygen atoms in total. The number of amides is 1. The van der Waals surface area contributed by atoms with Gasteiger partial charge in [0.15, 0.2) is 0 Å². The molecule has 0 fully saturated rings. The lowest BCUT2D eigenvalue weighted by Crippen LogP contribution is -2.32. The first-order chi connectivity index (χ1) is 24.1. The Labute approximate surface area is 295 Å². The minimum atomic E-state index is -4.81. The maximum atomic E-state index is 14.3. The number of allylic oxidation sites excluding steroid dienone is 2. The van der Waals surface area contributed by atoms with Crippen molar-refractivity contribution in [3.8, 4) is 11.6 Å². The van der Waals surface area contributed by atoms with Crippen molar-refractivity contribution >= 4 is 41.0 Å². The molecule has 5 rings (SSSR count). The van der Waals surface area contributed by atoms with Crippen LogP contribution in [0.3, 0.4) is 0 Å². The SMILES string of the molecule is Cc1ccn(-c2cc(Cl)ccc2C(Oc2cc(C3=CCC(CC(N)C(=O)O)CC3)nc(N)n2)C(F)(F)F)n1.O=C(O)CNC(=O)c1ccccc1. The molecule has 1 aliphatic carbocycles. The van der Waals surface area contributed by atoms with Crippen LogP contribution < -0.4 is 21.5 Å². The van der Waals surface area contributed by atoms with Crippen LogP contribution in [0.1, 0.15) is 59.1 Å². The summed E-state index contributed by atoms with van der Waals surface area (Å²) in [5.74, 6) is -3.00. The Balaban J connectivity index is 0.000000378. The van der Waals surface area contributed by atoms with Crippen molar-refractivity contribution in [2.75, 3.05) is 12.3 Å². The van der Waals surface area contributed by atoms with Gasteiger partial charge in [0, 0.05) is 28.4 Å². The van der Waals surface area contributed by atoms with Crippen LogP contribution in [-0.4, -0.2) is 66.6 Å². The number of carboxylic acids is 2. The molecule has 3 unspecified atom stereocenters. The van der Waals surface area contributed by atoms with Crippen molar-refractivity contribution in [2.24, 2.45) is 11.7 Å². The lowest BCUT2D eigenvalue weighted by atomic mass is 9.84. The average molecular weight is 730 g/mol. The van der Waals surface area contributed by atoms with Gasteiger partial charge < -0.3 is 31.7 Å². The van der Waals surface area contributed by atoms with Crippen molar-refractivity contribution in [1.29, 1.82) is 0 Å². The van der Waals surface area contributed by atoms with E-state index in [-0.39, 0.29) is 46.5 Å². The Hall–Kier alpha value is -5.48. The summed E-state index contributed by atoms with van der Waals surface area (Å²) in [5.41, 5.74) is 13.5. The molecular formula is C34H35ClF3N7O6. The highest BCUT2D eigenvalue weighted by atomic mass is 35.5. The summed E-state index contributed by atoms with van der Waals surface area (Å²) in [6.45, 7) is 1.36. The summed E-state index contributed by atoms with van der Waals surface area (Å²) in [7, 11) is 0. The highest BCUT2D eigenvalue weighted by Gasteiger charge is 2.45. The molecule has 0 spiro atoms. The Bertz CT molecular complexity index is 1890. The lowest BCUT2D eigenvalue weighted by molar-refractivity contribution is -0.198. The van der Waals surface area contributed by atoms with Crippen LogP contribution in [0.15, 0.2) is 72.9 Å². The summed E-state index contributed by atoms with van der Waals surface area (Å²) < 4.78 is 49.7. The molecule has 0 aliphatic heterocycles. The molecule has 4 aromatic rings. The topological polar surface area (TPSA) is 209 Å². The van der Waals surface area contributed by atoms with Gasteiger partial charge in [-0.05, 0) is 74.4 Å². The first-order valence-corrected chi connectivity index (χ1v) is 15.9. The molecule has 51 heavy (non-hydrogen) atoms. The minimum Gasteiger partial charge on any atom is -0.480 e. The van der Waals surface area contributed by atoms with Gasteiger partial charge >= 0.3 is 18.1 Å². The highest BCUT2D eigenvalue weighted by Crippen LogP contribution is 2.40. The smallest absolute Gasteiger partial charge is 0.429 e. The Morgan fingerprint density at radius 3 is 2.41 bits per heavy atom. The molecule has 17 heteroatoms. The number of aliphatic carboxylic acids is 2. The lowest BCUT2D eigenvalue weighted by Gasteiger charge is -2.25. The average Bonchev–Trinajstić information content (AvgIpc) is 3.52. The zero-order valence-corrected chi connectivity index (χ0v) is 27.9. The number of halogens is 4. The molecule has 270 valence electrons. The van der Waals surface area contributed by atoms with Crippen LogP contribution in [0.2, 0.25) is 5.02 Å². The molecule has 2 heterocycles. The first-order valence-electron chi connectivity index (χ1n) is 15.5. The van der Waals surface area contributed by atoms with Crippen LogP contribution in [0.4, 0.5) is 19.1 Å². The third kappa shape index (κ3) is 11.0. The van der Waals surface area contributed by atoms with Crippen molar-refractivity contribution in [3.05, 3.63) is 100 Å². The number of aromatic nitrogens is 4. The monoisotopic (exact) mass is 729 g/mol. The number of nitrogens with one attached hydrogen (secondary N) is 1. The quantitative estimate of drug-likeness (QED) is 0.132. The van der Waals surface area contributed by atoms with E-state index in [4.69, 9.17) is 38.0 Å².